The van der Waals surface area contributed by atoms with Gasteiger partial charge in [-0.2, -0.15) is 0 Å². The number of nitrogens with zero attached hydrogens (tertiary/aromatic N) is 4. The third-order valence-electron chi connectivity index (χ3n) is 10.8. The summed E-state index contributed by atoms with van der Waals surface area (Å²) in [7, 11) is 1.74. The van der Waals surface area contributed by atoms with Crippen LogP contribution in [-0.4, -0.2) is 50.5 Å². The average molecular weight is 695 g/mol. The van der Waals surface area contributed by atoms with Crippen molar-refractivity contribution in [2.45, 2.75) is 71.4 Å². The molecule has 0 saturated carbocycles. The van der Waals surface area contributed by atoms with Crippen molar-refractivity contribution < 1.29 is 24.2 Å². The summed E-state index contributed by atoms with van der Waals surface area (Å²) in [6.07, 6.45) is 3.05. The minimum Gasteiger partial charge on any atom is -0.508 e. The van der Waals surface area contributed by atoms with Crippen LogP contribution >= 0.6 is 0 Å². The lowest BCUT2D eigenvalue weighted by molar-refractivity contribution is 0.0658. The van der Waals surface area contributed by atoms with Gasteiger partial charge in [0.1, 0.15) is 12.4 Å². The molecule has 0 bridgehead atoms. The SMILES string of the molecule is C[C@@H]1Cc2ccccc2CN1C(=O)c1cc2c(cc1-c1cc(C(=O)N(C)c3ccc(O)cc3)c3n1CCCC3)CN(C(=O)OCc1ccccc1)C2. The van der Waals surface area contributed by atoms with Gasteiger partial charge in [-0.15, -0.1) is 0 Å². The lowest BCUT2D eigenvalue weighted by Gasteiger charge is -2.35. The lowest BCUT2D eigenvalue weighted by Crippen LogP contribution is -2.42. The Hall–Kier alpha value is -5.83. The van der Waals surface area contributed by atoms with Crippen molar-refractivity contribution in [3.05, 3.63) is 142 Å². The molecule has 4 heterocycles. The molecule has 4 aromatic carbocycles. The zero-order chi connectivity index (χ0) is 35.9. The Morgan fingerprint density at radius 1 is 0.808 bits per heavy atom. The number of carbonyl (C=O) groups is 3. The van der Waals surface area contributed by atoms with E-state index in [1.165, 1.54) is 5.56 Å². The fraction of sp³-hybridized carbons (Fsp3) is 0.279. The van der Waals surface area contributed by atoms with Crippen LogP contribution in [0.5, 0.6) is 5.75 Å². The summed E-state index contributed by atoms with van der Waals surface area (Å²) in [5.41, 5.74) is 9.62. The minimum atomic E-state index is -0.402. The number of ether oxygens (including phenoxy) is 1. The van der Waals surface area contributed by atoms with Gasteiger partial charge in [0, 0.05) is 67.5 Å². The van der Waals surface area contributed by atoms with Crippen LogP contribution in [0.25, 0.3) is 11.3 Å². The van der Waals surface area contributed by atoms with Crippen LogP contribution in [0, 0.1) is 0 Å². The topological polar surface area (TPSA) is 95.3 Å². The maximum Gasteiger partial charge on any atom is 0.410 e. The summed E-state index contributed by atoms with van der Waals surface area (Å²) in [4.78, 5) is 47.5. The van der Waals surface area contributed by atoms with Crippen molar-refractivity contribution in [3.63, 3.8) is 0 Å². The lowest BCUT2D eigenvalue weighted by atomic mass is 9.92. The number of hydrogen-bond acceptors (Lipinski definition) is 5. The normalized spacial score (nSPS) is 16.2. The Morgan fingerprint density at radius 2 is 1.52 bits per heavy atom. The predicted octanol–water partition coefficient (Wildman–Crippen LogP) is 7.71. The second-order valence-electron chi connectivity index (χ2n) is 14.2. The summed E-state index contributed by atoms with van der Waals surface area (Å²) >= 11 is 0. The molecular weight excluding hydrogens is 652 g/mol. The zero-order valence-electron chi connectivity index (χ0n) is 29.5. The Bertz CT molecular complexity index is 2170. The van der Waals surface area contributed by atoms with Gasteiger partial charge in [0.15, 0.2) is 0 Å². The molecule has 9 nitrogen and oxygen atoms in total. The highest BCUT2D eigenvalue weighted by Crippen LogP contribution is 2.38. The minimum absolute atomic E-state index is 0.00899. The van der Waals surface area contributed by atoms with Crippen LogP contribution in [0.1, 0.15) is 74.0 Å². The third kappa shape index (κ3) is 6.21. The molecule has 1 N–H and O–H groups in total. The van der Waals surface area contributed by atoms with Gasteiger partial charge in [-0.1, -0.05) is 54.6 Å². The van der Waals surface area contributed by atoms with E-state index in [1.54, 1.807) is 41.1 Å². The number of hydrogen-bond donors (Lipinski definition) is 1. The quantitative estimate of drug-likeness (QED) is 0.197. The number of anilines is 1. The van der Waals surface area contributed by atoms with Gasteiger partial charge in [-0.05, 0) is 103 Å². The largest absolute Gasteiger partial charge is 0.508 e. The van der Waals surface area contributed by atoms with E-state index in [0.29, 0.717) is 36.4 Å². The maximum absolute atomic E-state index is 14.8. The maximum atomic E-state index is 14.8. The first-order valence-corrected chi connectivity index (χ1v) is 18.0. The number of phenols is 1. The van der Waals surface area contributed by atoms with Crippen molar-refractivity contribution in [2.24, 2.45) is 0 Å². The molecule has 1 atom stereocenters. The molecule has 3 aliphatic heterocycles. The highest BCUT2D eigenvalue weighted by molar-refractivity contribution is 6.08. The fourth-order valence-corrected chi connectivity index (χ4v) is 7.94. The van der Waals surface area contributed by atoms with E-state index in [2.05, 4.69) is 29.7 Å². The fourth-order valence-electron chi connectivity index (χ4n) is 7.94. The molecule has 3 aliphatic rings. The Kier molecular flexibility index (Phi) is 8.79. The number of fused-ring (bicyclic) bond motifs is 3. The van der Waals surface area contributed by atoms with Crippen molar-refractivity contribution in [3.8, 4) is 17.0 Å². The van der Waals surface area contributed by atoms with Gasteiger partial charge < -0.3 is 24.2 Å². The zero-order valence-corrected chi connectivity index (χ0v) is 29.5. The highest BCUT2D eigenvalue weighted by atomic mass is 16.6. The van der Waals surface area contributed by atoms with Crippen molar-refractivity contribution in [1.82, 2.24) is 14.4 Å². The van der Waals surface area contributed by atoms with Crippen LogP contribution in [0.4, 0.5) is 10.5 Å². The van der Waals surface area contributed by atoms with E-state index in [9.17, 15) is 19.5 Å². The molecule has 5 aromatic rings. The molecule has 3 amide bonds. The summed E-state index contributed by atoms with van der Waals surface area (Å²) in [5, 5.41) is 9.83. The van der Waals surface area contributed by atoms with Gasteiger partial charge in [-0.3, -0.25) is 14.5 Å². The summed E-state index contributed by atoms with van der Waals surface area (Å²) < 4.78 is 7.92. The number of phenolic OH excluding ortho intramolecular Hbond substituents is 1. The molecule has 9 heteroatoms. The summed E-state index contributed by atoms with van der Waals surface area (Å²) in [6, 6.07) is 30.5. The number of benzene rings is 4. The van der Waals surface area contributed by atoms with E-state index in [4.69, 9.17) is 4.74 Å². The number of aromatic nitrogens is 1. The van der Waals surface area contributed by atoms with E-state index in [-0.39, 0.29) is 30.2 Å². The van der Waals surface area contributed by atoms with E-state index < -0.39 is 6.09 Å². The molecule has 1 aromatic heterocycles. The molecular formula is C43H42N4O5. The number of carbonyl (C=O) groups excluding carboxylic acids is 3. The molecule has 52 heavy (non-hydrogen) atoms. The van der Waals surface area contributed by atoms with E-state index in [0.717, 1.165) is 71.4 Å². The van der Waals surface area contributed by atoms with Crippen molar-refractivity contribution in [2.75, 3.05) is 11.9 Å². The average Bonchev–Trinajstić information content (AvgIpc) is 3.78. The van der Waals surface area contributed by atoms with Crippen LogP contribution in [0.3, 0.4) is 0 Å². The van der Waals surface area contributed by atoms with Gasteiger partial charge >= 0.3 is 6.09 Å². The molecule has 0 saturated heterocycles. The number of rotatable bonds is 6. The molecule has 0 spiro atoms. The Morgan fingerprint density at radius 3 is 2.29 bits per heavy atom. The van der Waals surface area contributed by atoms with Crippen LogP contribution in [0.2, 0.25) is 0 Å². The second-order valence-corrected chi connectivity index (χ2v) is 14.2. The summed E-state index contributed by atoms with van der Waals surface area (Å²) in [6.45, 7) is 4.23. The monoisotopic (exact) mass is 694 g/mol. The van der Waals surface area contributed by atoms with Gasteiger partial charge in [-0.25, -0.2) is 4.79 Å². The van der Waals surface area contributed by atoms with Crippen molar-refractivity contribution in [1.29, 1.82) is 0 Å². The molecule has 264 valence electrons. The third-order valence-corrected chi connectivity index (χ3v) is 10.8. The number of amides is 3. The van der Waals surface area contributed by atoms with E-state index >= 15 is 0 Å². The number of aromatic hydroxyl groups is 1. The summed E-state index contributed by atoms with van der Waals surface area (Å²) in [5.74, 6) is -0.0768. The molecule has 0 fully saturated rings. The van der Waals surface area contributed by atoms with Crippen LogP contribution in [0.15, 0.2) is 97.1 Å². The first-order valence-electron chi connectivity index (χ1n) is 18.0. The van der Waals surface area contributed by atoms with Gasteiger partial charge in [0.05, 0.1) is 5.56 Å². The Labute approximate surface area is 303 Å². The Balaban J connectivity index is 1.18. The van der Waals surface area contributed by atoms with Crippen molar-refractivity contribution >= 4 is 23.6 Å². The first kappa shape index (κ1) is 33.3. The van der Waals surface area contributed by atoms with Crippen LogP contribution in [-0.2, 0) is 50.4 Å². The first-order chi connectivity index (χ1) is 25.2. The second kappa shape index (κ2) is 13.7. The molecule has 0 radical (unpaired) electrons. The molecule has 0 unspecified atom stereocenters. The van der Waals surface area contributed by atoms with Gasteiger partial charge in [0.2, 0.25) is 0 Å². The highest BCUT2D eigenvalue weighted by Gasteiger charge is 2.34. The van der Waals surface area contributed by atoms with E-state index in [1.807, 2.05) is 59.5 Å². The standard InChI is InChI=1S/C43H42N4O5/c1-28-20-30-12-6-7-13-31(30)26-47(28)42(50)37-22-33-25-45(43(51)52-27-29-10-4-3-5-11-29)24-32(33)21-36(37)40-23-38(39-14-8-9-19-46(39)40)41(49)44(2)34-15-17-35(48)18-16-34/h3-7,10-13,15-18,21-23,28,48H,8-9,14,19-20,24-27H2,1-2H3/t28-/m1/s1. The smallest absolute Gasteiger partial charge is 0.410 e. The van der Waals surface area contributed by atoms with Gasteiger partial charge in [0.25, 0.3) is 11.8 Å². The molecule has 0 aliphatic carbocycles. The predicted molar refractivity (Wildman–Crippen MR) is 199 cm³/mol. The van der Waals surface area contributed by atoms with Crippen LogP contribution < -0.4 is 4.90 Å². The molecule has 8 rings (SSSR count).